The predicted molar refractivity (Wildman–Crippen MR) is 73.5 cm³/mol. The number of ether oxygens (including phenoxy) is 1. The maximum Gasteiger partial charge on any atom is 0.0833 e. The van der Waals surface area contributed by atoms with E-state index in [4.69, 9.17) is 4.74 Å². The summed E-state index contributed by atoms with van der Waals surface area (Å²) in [4.78, 5) is 5.06. The van der Waals surface area contributed by atoms with Crippen LogP contribution >= 0.6 is 0 Å². The highest BCUT2D eigenvalue weighted by molar-refractivity contribution is 4.92. The Kier molecular flexibility index (Phi) is 6.45. The third-order valence-electron chi connectivity index (χ3n) is 3.99. The van der Waals surface area contributed by atoms with Crippen LogP contribution in [0.3, 0.4) is 0 Å². The van der Waals surface area contributed by atoms with Crippen molar-refractivity contribution < 1.29 is 4.74 Å². The molecule has 0 aromatic heterocycles. The smallest absolute Gasteiger partial charge is 0.0833 e. The zero-order valence-electron chi connectivity index (χ0n) is 12.2. The van der Waals surface area contributed by atoms with Gasteiger partial charge in [-0.2, -0.15) is 0 Å². The Labute approximate surface area is 107 Å². The minimum atomic E-state index is 0.194. The van der Waals surface area contributed by atoms with Gasteiger partial charge in [-0.15, -0.1) is 0 Å². The first-order valence-electron chi connectivity index (χ1n) is 7.37. The third-order valence-corrected chi connectivity index (χ3v) is 3.99. The molecule has 2 rings (SSSR count). The maximum atomic E-state index is 6.06. The largest absolute Gasteiger partial charge is 0.372 e. The summed E-state index contributed by atoms with van der Waals surface area (Å²) in [6.45, 7) is 16.5. The van der Waals surface area contributed by atoms with Crippen molar-refractivity contribution in [3.63, 3.8) is 0 Å². The number of rotatable bonds is 2. The molecular weight excluding hydrogens is 212 g/mol. The lowest BCUT2D eigenvalue weighted by Gasteiger charge is -2.47. The fourth-order valence-corrected chi connectivity index (χ4v) is 2.77. The van der Waals surface area contributed by atoms with E-state index < -0.39 is 0 Å². The Morgan fingerprint density at radius 3 is 2.06 bits per heavy atom. The molecule has 1 spiro atoms. The SMILES string of the molecule is CC.CCN1CCC2(CC1)CN(CC)CCO2. The van der Waals surface area contributed by atoms with E-state index in [1.54, 1.807) is 0 Å². The van der Waals surface area contributed by atoms with Crippen LogP contribution in [0, 0.1) is 0 Å². The summed E-state index contributed by atoms with van der Waals surface area (Å²) in [5, 5.41) is 0. The molecule has 0 atom stereocenters. The lowest BCUT2D eigenvalue weighted by molar-refractivity contribution is -0.134. The number of nitrogens with zero attached hydrogens (tertiary/aromatic N) is 2. The molecule has 0 N–H and O–H groups in total. The molecule has 2 heterocycles. The topological polar surface area (TPSA) is 15.7 Å². The van der Waals surface area contributed by atoms with Gasteiger partial charge in [0.25, 0.3) is 0 Å². The molecule has 0 aromatic rings. The second-order valence-corrected chi connectivity index (χ2v) is 4.83. The molecule has 0 aliphatic carbocycles. The van der Waals surface area contributed by atoms with Crippen LogP contribution in [-0.4, -0.2) is 61.3 Å². The van der Waals surface area contributed by atoms with Crippen molar-refractivity contribution in [3.05, 3.63) is 0 Å². The highest BCUT2D eigenvalue weighted by Gasteiger charge is 2.38. The van der Waals surface area contributed by atoms with Gasteiger partial charge in [0.15, 0.2) is 0 Å². The molecular formula is C14H30N2O. The number of hydrogen-bond donors (Lipinski definition) is 0. The molecule has 2 saturated heterocycles. The van der Waals surface area contributed by atoms with Crippen molar-refractivity contribution in [2.45, 2.75) is 46.1 Å². The Morgan fingerprint density at radius 1 is 0.941 bits per heavy atom. The molecule has 2 aliphatic rings. The molecule has 2 fully saturated rings. The first-order valence-corrected chi connectivity index (χ1v) is 7.37. The van der Waals surface area contributed by atoms with Gasteiger partial charge in [-0.3, -0.25) is 4.90 Å². The Bertz CT molecular complexity index is 200. The molecule has 3 heteroatoms. The second-order valence-electron chi connectivity index (χ2n) is 4.83. The minimum Gasteiger partial charge on any atom is -0.372 e. The molecule has 0 aromatic carbocycles. The number of hydrogen-bond acceptors (Lipinski definition) is 3. The van der Waals surface area contributed by atoms with Crippen LogP contribution in [0.4, 0.5) is 0 Å². The summed E-state index contributed by atoms with van der Waals surface area (Å²) in [6.07, 6.45) is 2.44. The van der Waals surface area contributed by atoms with Crippen LogP contribution < -0.4 is 0 Å². The average molecular weight is 242 g/mol. The van der Waals surface area contributed by atoms with Gasteiger partial charge in [0, 0.05) is 26.2 Å². The molecule has 0 amide bonds. The Hall–Kier alpha value is -0.120. The highest BCUT2D eigenvalue weighted by Crippen LogP contribution is 2.29. The third kappa shape index (κ3) is 3.94. The zero-order valence-corrected chi connectivity index (χ0v) is 12.2. The van der Waals surface area contributed by atoms with E-state index in [1.165, 1.54) is 39.0 Å². The Balaban J connectivity index is 0.000000686. The quantitative estimate of drug-likeness (QED) is 0.738. The predicted octanol–water partition coefficient (Wildman–Crippen LogP) is 2.22. The highest BCUT2D eigenvalue weighted by atomic mass is 16.5. The van der Waals surface area contributed by atoms with Crippen LogP contribution in [0.25, 0.3) is 0 Å². The summed E-state index contributed by atoms with van der Waals surface area (Å²) in [5.74, 6) is 0. The zero-order chi connectivity index (χ0) is 12.7. The lowest BCUT2D eigenvalue weighted by atomic mass is 9.89. The normalized spacial score (nSPS) is 25.4. The van der Waals surface area contributed by atoms with Crippen LogP contribution in [0.2, 0.25) is 0 Å². The van der Waals surface area contributed by atoms with Gasteiger partial charge in [-0.1, -0.05) is 27.7 Å². The molecule has 0 bridgehead atoms. The standard InChI is InChI=1S/C12H24N2O.C2H6/c1-3-13-7-5-12(6-8-13)11-14(4-2)9-10-15-12;1-2/h3-11H2,1-2H3;1-2H3. The number of likely N-dealkylation sites (tertiary alicyclic amines) is 1. The van der Waals surface area contributed by atoms with Gasteiger partial charge in [0.1, 0.15) is 0 Å². The van der Waals surface area contributed by atoms with Crippen LogP contribution in [0.1, 0.15) is 40.5 Å². The van der Waals surface area contributed by atoms with Crippen molar-refractivity contribution in [1.82, 2.24) is 9.80 Å². The first kappa shape index (κ1) is 14.9. The summed E-state index contributed by atoms with van der Waals surface area (Å²) in [5.41, 5.74) is 0.194. The van der Waals surface area contributed by atoms with Crippen molar-refractivity contribution in [2.24, 2.45) is 0 Å². The van der Waals surface area contributed by atoms with Crippen molar-refractivity contribution in [3.8, 4) is 0 Å². The minimum absolute atomic E-state index is 0.194. The van der Waals surface area contributed by atoms with Gasteiger partial charge < -0.3 is 9.64 Å². The molecule has 0 unspecified atom stereocenters. The monoisotopic (exact) mass is 242 g/mol. The number of morpholine rings is 1. The van der Waals surface area contributed by atoms with Gasteiger partial charge in [0.05, 0.1) is 12.2 Å². The molecule has 3 nitrogen and oxygen atoms in total. The molecule has 17 heavy (non-hydrogen) atoms. The number of piperidine rings is 1. The van der Waals surface area contributed by atoms with Gasteiger partial charge in [-0.05, 0) is 25.9 Å². The molecule has 2 aliphatic heterocycles. The van der Waals surface area contributed by atoms with E-state index in [9.17, 15) is 0 Å². The number of likely N-dealkylation sites (N-methyl/N-ethyl adjacent to an activating group) is 1. The van der Waals surface area contributed by atoms with E-state index in [1.807, 2.05) is 13.8 Å². The van der Waals surface area contributed by atoms with Gasteiger partial charge in [0.2, 0.25) is 0 Å². The van der Waals surface area contributed by atoms with Gasteiger partial charge in [-0.25, -0.2) is 0 Å². The van der Waals surface area contributed by atoms with Crippen LogP contribution in [0.15, 0.2) is 0 Å². The van der Waals surface area contributed by atoms with Crippen LogP contribution in [0.5, 0.6) is 0 Å². The fraction of sp³-hybridized carbons (Fsp3) is 1.00. The van der Waals surface area contributed by atoms with Crippen molar-refractivity contribution >= 4 is 0 Å². The van der Waals surface area contributed by atoms with Gasteiger partial charge >= 0.3 is 0 Å². The van der Waals surface area contributed by atoms with E-state index >= 15 is 0 Å². The fourth-order valence-electron chi connectivity index (χ4n) is 2.77. The average Bonchev–Trinajstić information content (AvgIpc) is 2.42. The summed E-state index contributed by atoms with van der Waals surface area (Å²) < 4.78 is 6.06. The van der Waals surface area contributed by atoms with E-state index in [0.29, 0.717) is 0 Å². The summed E-state index contributed by atoms with van der Waals surface area (Å²) in [6, 6.07) is 0. The maximum absolute atomic E-state index is 6.06. The summed E-state index contributed by atoms with van der Waals surface area (Å²) >= 11 is 0. The van der Waals surface area contributed by atoms with Crippen molar-refractivity contribution in [1.29, 1.82) is 0 Å². The van der Waals surface area contributed by atoms with Crippen molar-refractivity contribution in [2.75, 3.05) is 45.9 Å². The second kappa shape index (κ2) is 7.34. The molecule has 0 saturated carbocycles. The molecule has 102 valence electrons. The van der Waals surface area contributed by atoms with E-state index in [0.717, 1.165) is 19.7 Å². The first-order chi connectivity index (χ1) is 8.28. The summed E-state index contributed by atoms with van der Waals surface area (Å²) in [7, 11) is 0. The van der Waals surface area contributed by atoms with E-state index in [-0.39, 0.29) is 5.60 Å². The Morgan fingerprint density at radius 2 is 1.53 bits per heavy atom. The van der Waals surface area contributed by atoms with E-state index in [2.05, 4.69) is 23.6 Å². The molecule has 0 radical (unpaired) electrons. The van der Waals surface area contributed by atoms with Crippen LogP contribution in [-0.2, 0) is 4.74 Å². The lowest BCUT2D eigenvalue weighted by Crippen LogP contribution is -2.56.